The summed E-state index contributed by atoms with van der Waals surface area (Å²) >= 11 is 1.65. The average molecular weight is 289 g/mol. The Balaban J connectivity index is 1.83. The third-order valence-electron chi connectivity index (χ3n) is 2.69. The second-order valence-corrected chi connectivity index (χ2v) is 5.74. The van der Waals surface area contributed by atoms with Gasteiger partial charge in [0.05, 0.1) is 10.7 Å². The number of rotatable bonds is 6. The molecular formula is C15H19N3OS. The van der Waals surface area contributed by atoms with E-state index in [2.05, 4.69) is 24.0 Å². The Hall–Kier alpha value is -1.88. The van der Waals surface area contributed by atoms with Crippen LogP contribution in [0.15, 0.2) is 40.9 Å². The van der Waals surface area contributed by atoms with Crippen molar-refractivity contribution in [3.63, 3.8) is 0 Å². The van der Waals surface area contributed by atoms with Gasteiger partial charge in [-0.15, -0.1) is 11.3 Å². The third kappa shape index (κ3) is 4.35. The maximum atomic E-state index is 5.83. The number of hydrogen-bond acceptors (Lipinski definition) is 4. The third-order valence-corrected chi connectivity index (χ3v) is 3.88. The summed E-state index contributed by atoms with van der Waals surface area (Å²) in [7, 11) is 0. The highest BCUT2D eigenvalue weighted by atomic mass is 32.1. The van der Waals surface area contributed by atoms with E-state index in [0.29, 0.717) is 24.8 Å². The molecule has 0 aliphatic carbocycles. The fourth-order valence-corrected chi connectivity index (χ4v) is 2.49. The van der Waals surface area contributed by atoms with E-state index >= 15 is 0 Å². The van der Waals surface area contributed by atoms with Crippen molar-refractivity contribution >= 4 is 17.2 Å². The zero-order chi connectivity index (χ0) is 14.4. The highest BCUT2D eigenvalue weighted by Gasteiger charge is 2.06. The minimum absolute atomic E-state index is 0.360. The normalized spacial score (nSPS) is 11.8. The van der Waals surface area contributed by atoms with Gasteiger partial charge in [0.2, 0.25) is 0 Å². The van der Waals surface area contributed by atoms with Gasteiger partial charge in [-0.05, 0) is 5.56 Å². The Morgan fingerprint density at radius 3 is 2.75 bits per heavy atom. The molecule has 0 aliphatic heterocycles. The summed E-state index contributed by atoms with van der Waals surface area (Å²) in [6.07, 6.45) is 0.592. The van der Waals surface area contributed by atoms with E-state index in [0.717, 1.165) is 16.3 Å². The Bertz CT molecular complexity index is 564. The Labute approximate surface area is 123 Å². The van der Waals surface area contributed by atoms with Crippen molar-refractivity contribution in [2.45, 2.75) is 32.8 Å². The lowest BCUT2D eigenvalue weighted by atomic mass is 10.1. The van der Waals surface area contributed by atoms with Crippen molar-refractivity contribution in [3.8, 4) is 0 Å². The lowest BCUT2D eigenvalue weighted by molar-refractivity contribution is 0.127. The topological polar surface area (TPSA) is 60.5 Å². The molecule has 0 unspecified atom stereocenters. The summed E-state index contributed by atoms with van der Waals surface area (Å²) in [5, 5.41) is 7.04. The quantitative estimate of drug-likeness (QED) is 0.504. The van der Waals surface area contributed by atoms with Crippen LogP contribution in [0.4, 0.5) is 0 Å². The lowest BCUT2D eigenvalue weighted by Gasteiger charge is -2.01. The molecule has 2 N–H and O–H groups in total. The van der Waals surface area contributed by atoms with E-state index in [1.165, 1.54) is 0 Å². The van der Waals surface area contributed by atoms with Crippen LogP contribution in [-0.4, -0.2) is 10.8 Å². The van der Waals surface area contributed by atoms with Crippen LogP contribution in [-0.2, 0) is 17.9 Å². The van der Waals surface area contributed by atoms with Crippen LogP contribution >= 0.6 is 11.3 Å². The van der Waals surface area contributed by atoms with Gasteiger partial charge in [-0.3, -0.25) is 0 Å². The molecule has 5 heteroatoms. The minimum Gasteiger partial charge on any atom is -0.388 e. The summed E-state index contributed by atoms with van der Waals surface area (Å²) in [6, 6.07) is 9.95. The first-order chi connectivity index (χ1) is 9.65. The zero-order valence-electron chi connectivity index (χ0n) is 11.7. The van der Waals surface area contributed by atoms with Gasteiger partial charge < -0.3 is 10.6 Å². The van der Waals surface area contributed by atoms with E-state index in [4.69, 9.17) is 10.6 Å². The van der Waals surface area contributed by atoms with Gasteiger partial charge in [-0.1, -0.05) is 49.3 Å². The molecule has 0 fully saturated rings. The number of benzene rings is 1. The smallest absolute Gasteiger partial charge is 0.160 e. The fourth-order valence-electron chi connectivity index (χ4n) is 1.67. The van der Waals surface area contributed by atoms with Crippen LogP contribution in [0.5, 0.6) is 0 Å². The van der Waals surface area contributed by atoms with E-state index in [1.54, 1.807) is 11.3 Å². The van der Waals surface area contributed by atoms with Gasteiger partial charge in [0.25, 0.3) is 0 Å². The van der Waals surface area contributed by atoms with Crippen molar-refractivity contribution in [3.05, 3.63) is 52.0 Å². The number of hydrogen-bond donors (Lipinski definition) is 1. The maximum absolute atomic E-state index is 5.83. The molecule has 2 aromatic rings. The molecule has 0 spiro atoms. The lowest BCUT2D eigenvalue weighted by Crippen LogP contribution is -2.15. The number of aromatic nitrogens is 1. The number of nitrogens with zero attached hydrogens (tertiary/aromatic N) is 2. The van der Waals surface area contributed by atoms with Gasteiger partial charge in [0, 0.05) is 17.7 Å². The highest BCUT2D eigenvalue weighted by Crippen LogP contribution is 2.19. The molecular weight excluding hydrogens is 270 g/mol. The summed E-state index contributed by atoms with van der Waals surface area (Å²) in [4.78, 5) is 9.73. The fraction of sp³-hybridized carbons (Fsp3) is 0.333. The van der Waals surface area contributed by atoms with E-state index in [-0.39, 0.29) is 0 Å². The standard InChI is InChI=1S/C15H19N3OS/c1-11(2)15-17-13(10-20-15)9-19-18-14(16)8-12-6-4-3-5-7-12/h3-7,10-11H,8-9H2,1-2H3,(H2,16,18). The molecule has 0 amide bonds. The van der Waals surface area contributed by atoms with Gasteiger partial charge in [0.15, 0.2) is 6.61 Å². The van der Waals surface area contributed by atoms with Crippen LogP contribution in [0.2, 0.25) is 0 Å². The van der Waals surface area contributed by atoms with Crippen molar-refractivity contribution in [1.82, 2.24) is 4.98 Å². The molecule has 1 heterocycles. The van der Waals surface area contributed by atoms with E-state index in [9.17, 15) is 0 Å². The molecule has 2 rings (SSSR count). The predicted molar refractivity (Wildman–Crippen MR) is 82.8 cm³/mol. The van der Waals surface area contributed by atoms with Crippen molar-refractivity contribution in [2.24, 2.45) is 10.9 Å². The molecule has 0 saturated carbocycles. The summed E-state index contributed by atoms with van der Waals surface area (Å²) in [5.41, 5.74) is 7.85. The molecule has 0 aliphatic rings. The first kappa shape index (κ1) is 14.5. The van der Waals surface area contributed by atoms with Gasteiger partial charge in [0.1, 0.15) is 5.84 Å². The first-order valence-electron chi connectivity index (χ1n) is 6.57. The minimum atomic E-state index is 0.360. The van der Waals surface area contributed by atoms with Crippen LogP contribution in [0, 0.1) is 0 Å². The van der Waals surface area contributed by atoms with Crippen molar-refractivity contribution in [1.29, 1.82) is 0 Å². The molecule has 0 radical (unpaired) electrons. The van der Waals surface area contributed by atoms with Gasteiger partial charge >= 0.3 is 0 Å². The monoisotopic (exact) mass is 289 g/mol. The Morgan fingerprint density at radius 1 is 1.35 bits per heavy atom. The number of oxime groups is 1. The highest BCUT2D eigenvalue weighted by molar-refractivity contribution is 7.09. The summed E-state index contributed by atoms with van der Waals surface area (Å²) in [5.74, 6) is 0.913. The second-order valence-electron chi connectivity index (χ2n) is 4.85. The zero-order valence-corrected chi connectivity index (χ0v) is 12.6. The Kier molecular flexibility index (Phi) is 5.12. The van der Waals surface area contributed by atoms with Crippen LogP contribution in [0.25, 0.3) is 0 Å². The van der Waals surface area contributed by atoms with Crippen molar-refractivity contribution in [2.75, 3.05) is 0 Å². The van der Waals surface area contributed by atoms with Crippen LogP contribution in [0.1, 0.15) is 36.0 Å². The summed E-state index contributed by atoms with van der Waals surface area (Å²) < 4.78 is 0. The van der Waals surface area contributed by atoms with Gasteiger partial charge in [-0.25, -0.2) is 4.98 Å². The average Bonchev–Trinajstić information content (AvgIpc) is 2.89. The molecule has 1 aromatic heterocycles. The molecule has 4 nitrogen and oxygen atoms in total. The Morgan fingerprint density at radius 2 is 2.10 bits per heavy atom. The molecule has 1 aromatic carbocycles. The number of nitrogens with two attached hydrogens (primary N) is 1. The van der Waals surface area contributed by atoms with E-state index < -0.39 is 0 Å². The second kappa shape index (κ2) is 7.05. The van der Waals surface area contributed by atoms with E-state index in [1.807, 2.05) is 35.7 Å². The molecule has 0 saturated heterocycles. The van der Waals surface area contributed by atoms with Crippen LogP contribution < -0.4 is 5.73 Å². The first-order valence-corrected chi connectivity index (χ1v) is 7.45. The summed E-state index contributed by atoms with van der Waals surface area (Å²) in [6.45, 7) is 4.61. The van der Waals surface area contributed by atoms with Crippen molar-refractivity contribution < 1.29 is 4.84 Å². The SMILES string of the molecule is CC(C)c1nc(CO/N=C(/N)Cc2ccccc2)cs1. The molecule has 0 bridgehead atoms. The predicted octanol–water partition coefficient (Wildman–Crippen LogP) is 3.30. The molecule has 20 heavy (non-hydrogen) atoms. The maximum Gasteiger partial charge on any atom is 0.160 e. The molecule has 0 atom stereocenters. The van der Waals surface area contributed by atoms with Gasteiger partial charge in [-0.2, -0.15) is 0 Å². The van der Waals surface area contributed by atoms with Crippen LogP contribution in [0.3, 0.4) is 0 Å². The molecule has 106 valence electrons. The largest absolute Gasteiger partial charge is 0.388 e. The number of thiazole rings is 1. The number of amidine groups is 1.